The molecule has 1 aliphatic carbocycles. The van der Waals surface area contributed by atoms with E-state index in [0.717, 1.165) is 16.9 Å². The van der Waals surface area contributed by atoms with Crippen LogP contribution in [0.4, 0.5) is 0 Å². The molecule has 12 aromatic carbocycles. The van der Waals surface area contributed by atoms with E-state index in [0.29, 0.717) is 0 Å². The Balaban J connectivity index is 0.968. The Kier molecular flexibility index (Phi) is 10.2. The molecule has 0 aliphatic heterocycles. The average molecular weight is 983 g/mol. The molecule has 0 radical (unpaired) electrons. The molecule has 3 heteroatoms. The van der Waals surface area contributed by atoms with E-state index in [4.69, 9.17) is 0 Å². The van der Waals surface area contributed by atoms with Gasteiger partial charge in [0.05, 0.1) is 27.5 Å². The summed E-state index contributed by atoms with van der Waals surface area (Å²) in [6, 6.07) is 114. The van der Waals surface area contributed by atoms with Gasteiger partial charge in [-0.3, -0.25) is 0 Å². The van der Waals surface area contributed by atoms with E-state index in [9.17, 15) is 0 Å². The monoisotopic (exact) mass is 982 g/mol. The summed E-state index contributed by atoms with van der Waals surface area (Å²) in [6.07, 6.45) is 0. The molecule has 2 heterocycles. The first-order valence-corrected chi connectivity index (χ1v) is 28.4. The van der Waals surface area contributed by atoms with E-state index >= 15 is 0 Å². The lowest BCUT2D eigenvalue weighted by Crippen LogP contribution is -2.74. The predicted molar refractivity (Wildman–Crippen MR) is 321 cm³/mol. The van der Waals surface area contributed by atoms with Gasteiger partial charge in [0.15, 0.2) is 8.07 Å². The number of aromatic nitrogens is 2. The van der Waals surface area contributed by atoms with Crippen LogP contribution in [0.5, 0.6) is 0 Å². The van der Waals surface area contributed by atoms with Gasteiger partial charge in [-0.2, -0.15) is 0 Å². The predicted octanol–water partition coefficient (Wildman–Crippen LogP) is 15.3. The van der Waals surface area contributed by atoms with E-state index < -0.39 is 13.5 Å². The van der Waals surface area contributed by atoms with Crippen molar-refractivity contribution in [3.05, 3.63) is 326 Å². The van der Waals surface area contributed by atoms with Crippen LogP contribution < -0.4 is 20.7 Å². The Hall–Kier alpha value is -9.54. The van der Waals surface area contributed by atoms with Crippen LogP contribution in [-0.4, -0.2) is 17.2 Å². The largest absolute Gasteiger partial charge is 0.309 e. The average Bonchev–Trinajstić information content (AvgIpc) is 4.28. The lowest BCUT2D eigenvalue weighted by Gasteiger charge is -2.34. The van der Waals surface area contributed by atoms with Gasteiger partial charge in [0.1, 0.15) is 0 Å². The first kappa shape index (κ1) is 44.0. The molecule has 0 atom stereocenters. The summed E-state index contributed by atoms with van der Waals surface area (Å²) in [7, 11) is -2.82. The van der Waals surface area contributed by atoms with Crippen LogP contribution in [0.25, 0.3) is 77.2 Å². The van der Waals surface area contributed by atoms with E-state index in [-0.39, 0.29) is 0 Å². The van der Waals surface area contributed by atoms with Crippen molar-refractivity contribution in [2.45, 2.75) is 5.41 Å². The van der Waals surface area contributed by atoms with Crippen molar-refractivity contribution in [2.24, 2.45) is 0 Å². The zero-order chi connectivity index (χ0) is 50.2. The van der Waals surface area contributed by atoms with Crippen LogP contribution in [0.15, 0.2) is 303 Å². The molecule has 0 fully saturated rings. The number of fused-ring (bicyclic) bond motifs is 9. The maximum absolute atomic E-state index is 2.82. The first-order chi connectivity index (χ1) is 37.7. The summed E-state index contributed by atoms with van der Waals surface area (Å²) < 4.78 is 5.04. The minimum absolute atomic E-state index is 0.508. The summed E-state index contributed by atoms with van der Waals surface area (Å²) in [6.45, 7) is 0. The molecule has 0 amide bonds. The fourth-order valence-electron chi connectivity index (χ4n) is 13.5. The highest BCUT2D eigenvalue weighted by atomic mass is 28.3. The van der Waals surface area contributed by atoms with Gasteiger partial charge in [0, 0.05) is 38.5 Å². The first-order valence-electron chi connectivity index (χ1n) is 26.4. The van der Waals surface area contributed by atoms with Crippen LogP contribution in [-0.2, 0) is 5.41 Å². The number of benzene rings is 12. The van der Waals surface area contributed by atoms with Crippen molar-refractivity contribution in [1.29, 1.82) is 0 Å². The van der Waals surface area contributed by atoms with Crippen LogP contribution in [0, 0.1) is 0 Å². The van der Waals surface area contributed by atoms with E-state index in [2.05, 4.69) is 312 Å². The lowest BCUT2D eigenvalue weighted by molar-refractivity contribution is 0.769. The van der Waals surface area contributed by atoms with E-state index in [1.165, 1.54) is 103 Å². The van der Waals surface area contributed by atoms with Crippen LogP contribution in [0.2, 0.25) is 0 Å². The highest BCUT2D eigenvalue weighted by Gasteiger charge is 2.46. The third-order valence-electron chi connectivity index (χ3n) is 16.5. The molecule has 0 saturated heterocycles. The summed E-state index contributed by atoms with van der Waals surface area (Å²) in [5, 5.41) is 10.3. The molecule has 356 valence electrons. The second-order valence-electron chi connectivity index (χ2n) is 20.3. The molecule has 0 spiro atoms. The Labute approximate surface area is 443 Å². The second-order valence-corrected chi connectivity index (χ2v) is 24.1. The highest BCUT2D eigenvalue weighted by Crippen LogP contribution is 2.57. The normalized spacial score (nSPS) is 12.8. The molecule has 2 nitrogen and oxygen atoms in total. The quantitative estimate of drug-likeness (QED) is 0.101. The van der Waals surface area contributed by atoms with Crippen LogP contribution in [0.1, 0.15) is 22.3 Å². The van der Waals surface area contributed by atoms with Crippen molar-refractivity contribution >= 4 is 72.4 Å². The van der Waals surface area contributed by atoms with Crippen molar-refractivity contribution in [1.82, 2.24) is 9.13 Å². The van der Waals surface area contributed by atoms with Crippen molar-refractivity contribution in [3.63, 3.8) is 0 Å². The molecule has 0 N–H and O–H groups in total. The van der Waals surface area contributed by atoms with Gasteiger partial charge in [-0.1, -0.05) is 261 Å². The fourth-order valence-corrected chi connectivity index (χ4v) is 18.2. The van der Waals surface area contributed by atoms with Crippen molar-refractivity contribution < 1.29 is 0 Å². The Morgan fingerprint density at radius 1 is 0.263 bits per heavy atom. The molecule has 76 heavy (non-hydrogen) atoms. The molecule has 0 unspecified atom stereocenters. The zero-order valence-corrected chi connectivity index (χ0v) is 42.8. The molecule has 0 saturated carbocycles. The minimum atomic E-state index is -2.82. The SMILES string of the molecule is c1ccc(C2(c3ccccc3)c3ccccc3-c3ccc(-c4cccc5c6ccccc6n(-c6ccc7c8ccccc8n(-c8cccc([Si](c9ccccc9)(c9ccccc9)c9ccccc9)c8)c7c6)c45)cc32)cc1. The van der Waals surface area contributed by atoms with Gasteiger partial charge in [0.2, 0.25) is 0 Å². The smallest absolute Gasteiger partial charge is 0.179 e. The van der Waals surface area contributed by atoms with Crippen LogP contribution in [0.3, 0.4) is 0 Å². The molecule has 0 bridgehead atoms. The van der Waals surface area contributed by atoms with Gasteiger partial charge in [0.25, 0.3) is 0 Å². The lowest BCUT2D eigenvalue weighted by atomic mass is 9.67. The standard InChI is InChI=1S/C73H50N2Si/c1-6-24-52(25-7-1)73(53-26-8-2-9-27-53)67-41-19-16-36-61(67)62-46-44-51(48-68(62)73)60-39-23-40-66-64-38-18-21-43-70(64)75(72(60)66)55-45-47-65-63-37-17-20-42-69(63)74(71(65)50-55)54-28-22-35-59(49-54)76(56-29-10-3-11-30-56,57-31-12-4-13-32-57)58-33-14-5-15-34-58/h1-50H. The number of para-hydroxylation sites is 3. The molecule has 14 aromatic rings. The maximum atomic E-state index is 2.53. The zero-order valence-electron chi connectivity index (χ0n) is 41.8. The summed E-state index contributed by atoms with van der Waals surface area (Å²) >= 11 is 0. The number of hydrogen-bond donors (Lipinski definition) is 0. The van der Waals surface area contributed by atoms with Gasteiger partial charge in [-0.05, 0) is 102 Å². The Bertz CT molecular complexity index is 4360. The molecule has 1 aliphatic rings. The third-order valence-corrected chi connectivity index (χ3v) is 21.3. The maximum Gasteiger partial charge on any atom is 0.179 e. The van der Waals surface area contributed by atoms with Gasteiger partial charge < -0.3 is 9.13 Å². The molecular formula is C73H50N2Si. The van der Waals surface area contributed by atoms with Crippen molar-refractivity contribution in [2.75, 3.05) is 0 Å². The number of nitrogens with zero attached hydrogens (tertiary/aromatic N) is 2. The Morgan fingerprint density at radius 3 is 1.37 bits per heavy atom. The molecule has 2 aromatic heterocycles. The van der Waals surface area contributed by atoms with E-state index in [1.54, 1.807) is 0 Å². The molecule has 15 rings (SSSR count). The summed E-state index contributed by atoms with van der Waals surface area (Å²) in [4.78, 5) is 0. The second kappa shape index (κ2) is 17.6. The van der Waals surface area contributed by atoms with Gasteiger partial charge in [-0.15, -0.1) is 0 Å². The summed E-state index contributed by atoms with van der Waals surface area (Å²) in [5.41, 5.74) is 16.5. The Morgan fingerprint density at radius 2 is 0.724 bits per heavy atom. The topological polar surface area (TPSA) is 9.86 Å². The van der Waals surface area contributed by atoms with Crippen LogP contribution >= 0.6 is 0 Å². The highest BCUT2D eigenvalue weighted by molar-refractivity contribution is 7.19. The van der Waals surface area contributed by atoms with Gasteiger partial charge >= 0.3 is 0 Å². The van der Waals surface area contributed by atoms with Gasteiger partial charge in [-0.25, -0.2) is 0 Å². The summed E-state index contributed by atoms with van der Waals surface area (Å²) in [5.74, 6) is 0. The number of rotatable bonds is 9. The number of hydrogen-bond acceptors (Lipinski definition) is 0. The third kappa shape index (κ3) is 6.40. The van der Waals surface area contributed by atoms with Crippen molar-refractivity contribution in [3.8, 4) is 33.6 Å². The minimum Gasteiger partial charge on any atom is -0.309 e. The van der Waals surface area contributed by atoms with E-state index in [1.807, 2.05) is 0 Å². The molecular weight excluding hydrogens is 933 g/mol. The fraction of sp³-hybridized carbons (Fsp3) is 0.0137.